The van der Waals surface area contributed by atoms with Crippen LogP contribution in [0, 0.1) is 11.1 Å². The summed E-state index contributed by atoms with van der Waals surface area (Å²) in [6.07, 6.45) is 1.05. The van der Waals surface area contributed by atoms with Crippen LogP contribution >= 0.6 is 0 Å². The maximum atomic E-state index is 11.2. The number of nitrogens with zero attached hydrogens (tertiary/aromatic N) is 1. The highest BCUT2D eigenvalue weighted by Crippen LogP contribution is 2.20. The van der Waals surface area contributed by atoms with E-state index in [-0.39, 0.29) is 10.6 Å². The van der Waals surface area contributed by atoms with E-state index in [1.54, 1.807) is 7.05 Å². The molecule has 4 heteroatoms. The molecule has 0 bridgehead atoms. The van der Waals surface area contributed by atoms with Crippen LogP contribution in [-0.2, 0) is 4.79 Å². The highest BCUT2D eigenvalue weighted by Gasteiger charge is 2.27. The molecule has 0 aromatic carbocycles. The van der Waals surface area contributed by atoms with Crippen molar-refractivity contribution < 1.29 is 14.5 Å². The first-order valence-electron chi connectivity index (χ1n) is 3.80. The number of carboxylic acids is 1. The Morgan fingerprint density at radius 1 is 1.55 bits per heavy atom. The van der Waals surface area contributed by atoms with Crippen molar-refractivity contribution in [1.29, 1.82) is 0 Å². The van der Waals surface area contributed by atoms with E-state index in [9.17, 15) is 10.0 Å². The second-order valence-electron chi connectivity index (χ2n) is 3.36. The first-order chi connectivity index (χ1) is 5.01. The van der Waals surface area contributed by atoms with Crippen LogP contribution in [0.3, 0.4) is 0 Å². The zero-order valence-corrected chi connectivity index (χ0v) is 6.62. The molecular weight excluding hydrogens is 146 g/mol. The maximum absolute atomic E-state index is 11.2. The molecule has 4 nitrogen and oxygen atoms in total. The van der Waals surface area contributed by atoms with E-state index in [0.29, 0.717) is 25.9 Å². The number of carboxylic acid groups (broad SMARTS) is 1. The van der Waals surface area contributed by atoms with Crippen molar-refractivity contribution in [1.82, 2.24) is 0 Å². The van der Waals surface area contributed by atoms with Gasteiger partial charge in [0.15, 0.2) is 0 Å². The number of hydrogen-bond donors (Lipinski definition) is 1. The number of piperidine rings is 1. The fraction of sp³-hybridized carbons (Fsp3) is 0.857. The van der Waals surface area contributed by atoms with E-state index < -0.39 is 5.97 Å². The summed E-state index contributed by atoms with van der Waals surface area (Å²) >= 11 is 0. The largest absolute Gasteiger partial charge is 0.633 e. The van der Waals surface area contributed by atoms with Gasteiger partial charge in [0.25, 0.3) is 0 Å². The molecule has 1 rings (SSSR count). The molecule has 0 aromatic heterocycles. The molecule has 1 aliphatic rings. The molecule has 0 radical (unpaired) electrons. The molecule has 1 aliphatic heterocycles. The normalized spacial score (nSPS) is 38.5. The number of aliphatic carboxylic acids is 1. The van der Waals surface area contributed by atoms with E-state index in [1.165, 1.54) is 0 Å². The van der Waals surface area contributed by atoms with Gasteiger partial charge < -0.3 is 15.0 Å². The van der Waals surface area contributed by atoms with Crippen molar-refractivity contribution in [2.75, 3.05) is 20.1 Å². The molecule has 0 unspecified atom stereocenters. The molecule has 1 fully saturated rings. The second-order valence-corrected chi connectivity index (χ2v) is 3.36. The van der Waals surface area contributed by atoms with Gasteiger partial charge in [-0.05, 0) is 0 Å². The van der Waals surface area contributed by atoms with Gasteiger partial charge in [0.2, 0.25) is 0 Å². The number of rotatable bonds is 1. The first-order valence-corrected chi connectivity index (χ1v) is 3.80. The Balaban J connectivity index is 2.42. The van der Waals surface area contributed by atoms with E-state index in [0.717, 1.165) is 0 Å². The van der Waals surface area contributed by atoms with E-state index >= 15 is 0 Å². The zero-order valence-electron chi connectivity index (χ0n) is 6.62. The maximum Gasteiger partial charge on any atom is 0.306 e. The van der Waals surface area contributed by atoms with Crippen LogP contribution in [0.2, 0.25) is 0 Å². The van der Waals surface area contributed by atoms with Gasteiger partial charge in [-0.3, -0.25) is 4.79 Å². The quantitative estimate of drug-likeness (QED) is 0.445. The molecular formula is C7H13NO3. The Bertz CT molecular complexity index is 157. The van der Waals surface area contributed by atoms with E-state index in [4.69, 9.17) is 5.11 Å². The van der Waals surface area contributed by atoms with Crippen molar-refractivity contribution in [3.8, 4) is 0 Å². The minimum atomic E-state index is -0.760. The van der Waals surface area contributed by atoms with Crippen LogP contribution < -0.4 is 0 Å². The van der Waals surface area contributed by atoms with Crippen molar-refractivity contribution in [2.24, 2.45) is 5.92 Å². The molecule has 11 heavy (non-hydrogen) atoms. The van der Waals surface area contributed by atoms with Crippen LogP contribution in [-0.4, -0.2) is 35.9 Å². The fourth-order valence-electron chi connectivity index (χ4n) is 1.36. The summed E-state index contributed by atoms with van der Waals surface area (Å²) < 4.78 is -0.274. The van der Waals surface area contributed by atoms with Gasteiger partial charge in [-0.15, -0.1) is 0 Å². The average molecular weight is 159 g/mol. The molecule has 0 aromatic rings. The lowest BCUT2D eigenvalue weighted by molar-refractivity contribution is -0.866. The lowest BCUT2D eigenvalue weighted by Gasteiger charge is -2.43. The lowest BCUT2D eigenvalue weighted by atomic mass is 9.97. The SMILES string of the molecule is C[N+]1([O-])CCC(C(=O)O)CC1. The zero-order chi connectivity index (χ0) is 8.48. The van der Waals surface area contributed by atoms with Gasteiger partial charge in [0.05, 0.1) is 26.1 Å². The van der Waals surface area contributed by atoms with Crippen molar-refractivity contribution in [3.05, 3.63) is 5.21 Å². The predicted octanol–water partition coefficient (Wildman–Crippen LogP) is 0.425. The summed E-state index contributed by atoms with van der Waals surface area (Å²) in [4.78, 5) is 10.5. The van der Waals surface area contributed by atoms with E-state index in [1.807, 2.05) is 0 Å². The lowest BCUT2D eigenvalue weighted by Crippen LogP contribution is -2.45. The minimum absolute atomic E-state index is 0.274. The van der Waals surface area contributed by atoms with Crippen LogP contribution in [0.15, 0.2) is 0 Å². The minimum Gasteiger partial charge on any atom is -0.633 e. The predicted molar refractivity (Wildman–Crippen MR) is 39.6 cm³/mol. The number of quaternary nitrogens is 1. The van der Waals surface area contributed by atoms with Crippen LogP contribution in [0.4, 0.5) is 0 Å². The smallest absolute Gasteiger partial charge is 0.306 e. The Kier molecular flexibility index (Phi) is 2.15. The Hall–Kier alpha value is -0.610. The monoisotopic (exact) mass is 159 g/mol. The summed E-state index contributed by atoms with van der Waals surface area (Å²) in [5.41, 5.74) is 0. The summed E-state index contributed by atoms with van der Waals surface area (Å²) in [6, 6.07) is 0. The van der Waals surface area contributed by atoms with Crippen LogP contribution in [0.1, 0.15) is 12.8 Å². The third-order valence-corrected chi connectivity index (χ3v) is 2.25. The average Bonchev–Trinajstić information content (AvgIpc) is 1.86. The molecule has 1 saturated heterocycles. The molecule has 0 atom stereocenters. The number of carbonyl (C=O) groups is 1. The molecule has 0 amide bonds. The molecule has 1 heterocycles. The number of hydrogen-bond acceptors (Lipinski definition) is 2. The summed E-state index contributed by atoms with van der Waals surface area (Å²) in [5, 5.41) is 19.8. The highest BCUT2D eigenvalue weighted by atomic mass is 16.5. The first kappa shape index (κ1) is 8.49. The molecule has 0 aliphatic carbocycles. The van der Waals surface area contributed by atoms with Gasteiger partial charge in [0, 0.05) is 12.8 Å². The summed E-state index contributed by atoms with van der Waals surface area (Å²) in [6.45, 7) is 0.883. The topological polar surface area (TPSA) is 60.4 Å². The van der Waals surface area contributed by atoms with Gasteiger partial charge in [-0.1, -0.05) is 0 Å². The van der Waals surface area contributed by atoms with Crippen molar-refractivity contribution in [2.45, 2.75) is 12.8 Å². The van der Waals surface area contributed by atoms with Crippen LogP contribution in [0.25, 0.3) is 0 Å². The van der Waals surface area contributed by atoms with E-state index in [2.05, 4.69) is 0 Å². The molecule has 0 saturated carbocycles. The summed E-state index contributed by atoms with van der Waals surface area (Å²) in [5.74, 6) is -1.04. The third kappa shape index (κ3) is 2.17. The van der Waals surface area contributed by atoms with Gasteiger partial charge in [0.1, 0.15) is 0 Å². The Labute approximate surface area is 65.6 Å². The number of likely N-dealkylation sites (tertiary alicyclic amines) is 1. The van der Waals surface area contributed by atoms with Crippen molar-refractivity contribution >= 4 is 5.97 Å². The van der Waals surface area contributed by atoms with Crippen molar-refractivity contribution in [3.63, 3.8) is 0 Å². The molecule has 0 spiro atoms. The van der Waals surface area contributed by atoms with Crippen LogP contribution in [0.5, 0.6) is 0 Å². The fourth-order valence-corrected chi connectivity index (χ4v) is 1.36. The van der Waals surface area contributed by atoms with Gasteiger partial charge >= 0.3 is 5.97 Å². The second kappa shape index (κ2) is 2.79. The third-order valence-electron chi connectivity index (χ3n) is 2.25. The molecule has 64 valence electrons. The van der Waals surface area contributed by atoms with Gasteiger partial charge in [-0.2, -0.15) is 0 Å². The highest BCUT2D eigenvalue weighted by molar-refractivity contribution is 5.69. The Morgan fingerprint density at radius 2 is 2.00 bits per heavy atom. The Morgan fingerprint density at radius 3 is 2.36 bits per heavy atom. The standard InChI is InChI=1S/C7H13NO3/c1-8(11)4-2-6(3-5-8)7(9)10/h6H,2-5H2,1H3,(H,9,10). The van der Waals surface area contributed by atoms with Gasteiger partial charge in [-0.25, -0.2) is 0 Å². The number of hydroxylamine groups is 3. The molecule has 1 N–H and O–H groups in total. The summed E-state index contributed by atoms with van der Waals surface area (Å²) in [7, 11) is 1.60.